The summed E-state index contributed by atoms with van der Waals surface area (Å²) in [4.78, 5) is 12.0. The second-order valence-electron chi connectivity index (χ2n) is 4.14. The first-order valence-electron chi connectivity index (χ1n) is 6.25. The van der Waals surface area contributed by atoms with Crippen LogP contribution in [0.15, 0.2) is 18.2 Å². The molecule has 0 atom stereocenters. The van der Waals surface area contributed by atoms with Gasteiger partial charge in [0.2, 0.25) is 0 Å². The van der Waals surface area contributed by atoms with E-state index in [1.807, 2.05) is 19.1 Å². The Morgan fingerprint density at radius 3 is 2.95 bits per heavy atom. The average molecular weight is 260 g/mol. The van der Waals surface area contributed by atoms with Crippen LogP contribution in [0.4, 0.5) is 0 Å². The molecule has 0 aliphatic rings. The molecule has 0 unspecified atom stereocenters. The fourth-order valence-electron chi connectivity index (χ4n) is 1.61. The summed E-state index contributed by atoms with van der Waals surface area (Å²) in [5, 5.41) is 2.87. The number of rotatable bonds is 5. The van der Waals surface area contributed by atoms with Crippen LogP contribution in [0.3, 0.4) is 0 Å². The van der Waals surface area contributed by atoms with Gasteiger partial charge in [-0.1, -0.05) is 17.9 Å². The molecule has 1 amide bonds. The van der Waals surface area contributed by atoms with Crippen LogP contribution < -0.4 is 11.1 Å². The number of benzene rings is 1. The van der Waals surface area contributed by atoms with Gasteiger partial charge in [-0.25, -0.2) is 0 Å². The largest absolute Gasteiger partial charge is 0.385 e. The van der Waals surface area contributed by atoms with Crippen molar-refractivity contribution in [2.45, 2.75) is 13.3 Å². The molecule has 102 valence electrons. The zero-order valence-corrected chi connectivity index (χ0v) is 11.5. The Morgan fingerprint density at radius 1 is 1.47 bits per heavy atom. The van der Waals surface area contributed by atoms with E-state index in [9.17, 15) is 4.79 Å². The highest BCUT2D eigenvalue weighted by Gasteiger charge is 2.08. The Bertz CT molecular complexity index is 487. The average Bonchev–Trinajstić information content (AvgIpc) is 2.42. The molecule has 4 heteroatoms. The normalized spacial score (nSPS) is 9.63. The van der Waals surface area contributed by atoms with Gasteiger partial charge in [0.25, 0.3) is 5.91 Å². The molecule has 1 rings (SSSR count). The summed E-state index contributed by atoms with van der Waals surface area (Å²) in [7, 11) is 1.64. The van der Waals surface area contributed by atoms with Crippen LogP contribution in [-0.4, -0.2) is 32.7 Å². The van der Waals surface area contributed by atoms with E-state index in [-0.39, 0.29) is 5.91 Å². The second kappa shape index (κ2) is 8.30. The Kier molecular flexibility index (Phi) is 6.65. The Balaban J connectivity index is 2.72. The molecular formula is C15H20N2O2. The molecule has 0 bridgehead atoms. The molecule has 0 aromatic heterocycles. The lowest BCUT2D eigenvalue weighted by molar-refractivity contribution is 0.0948. The van der Waals surface area contributed by atoms with Crippen molar-refractivity contribution in [3.8, 4) is 11.8 Å². The van der Waals surface area contributed by atoms with Gasteiger partial charge in [-0.2, -0.15) is 0 Å². The highest BCUT2D eigenvalue weighted by atomic mass is 16.5. The molecule has 0 spiro atoms. The van der Waals surface area contributed by atoms with Crippen molar-refractivity contribution in [2.75, 3.05) is 26.8 Å². The van der Waals surface area contributed by atoms with Gasteiger partial charge in [-0.3, -0.25) is 4.79 Å². The van der Waals surface area contributed by atoms with E-state index in [2.05, 4.69) is 17.2 Å². The first-order chi connectivity index (χ1) is 9.19. The van der Waals surface area contributed by atoms with Crippen molar-refractivity contribution < 1.29 is 9.53 Å². The van der Waals surface area contributed by atoms with E-state index in [4.69, 9.17) is 10.5 Å². The van der Waals surface area contributed by atoms with Crippen molar-refractivity contribution in [3.63, 3.8) is 0 Å². The minimum Gasteiger partial charge on any atom is -0.385 e. The van der Waals surface area contributed by atoms with E-state index >= 15 is 0 Å². The van der Waals surface area contributed by atoms with Crippen LogP contribution in [0, 0.1) is 18.8 Å². The molecule has 3 N–H and O–H groups in total. The summed E-state index contributed by atoms with van der Waals surface area (Å²) < 4.78 is 4.94. The van der Waals surface area contributed by atoms with Gasteiger partial charge in [-0.05, 0) is 31.0 Å². The maximum Gasteiger partial charge on any atom is 0.251 e. The molecule has 0 heterocycles. The number of nitrogens with one attached hydrogen (secondary N) is 1. The van der Waals surface area contributed by atoms with E-state index < -0.39 is 0 Å². The number of carbonyl (C=O) groups is 1. The molecule has 0 radical (unpaired) electrons. The predicted octanol–water partition coefficient (Wildman–Crippen LogP) is 1.07. The summed E-state index contributed by atoms with van der Waals surface area (Å²) in [5.41, 5.74) is 7.72. The molecule has 1 aromatic rings. The molecule has 1 aromatic carbocycles. The minimum absolute atomic E-state index is 0.0787. The van der Waals surface area contributed by atoms with Crippen molar-refractivity contribution in [1.29, 1.82) is 0 Å². The summed E-state index contributed by atoms with van der Waals surface area (Å²) in [6.07, 6.45) is 0.800. The molecule has 0 saturated heterocycles. The molecule has 4 nitrogen and oxygen atoms in total. The fraction of sp³-hybridized carbons (Fsp3) is 0.400. The lowest BCUT2D eigenvalue weighted by Crippen LogP contribution is -2.26. The highest BCUT2D eigenvalue weighted by Crippen LogP contribution is 2.10. The van der Waals surface area contributed by atoms with Gasteiger partial charge in [0.05, 0.1) is 6.54 Å². The van der Waals surface area contributed by atoms with E-state index in [1.54, 1.807) is 13.2 Å². The van der Waals surface area contributed by atoms with Crippen molar-refractivity contribution in [3.05, 3.63) is 34.9 Å². The summed E-state index contributed by atoms with van der Waals surface area (Å²) in [6, 6.07) is 5.58. The maximum atomic E-state index is 12.0. The van der Waals surface area contributed by atoms with Crippen LogP contribution in [0.1, 0.15) is 27.9 Å². The number of hydrogen-bond acceptors (Lipinski definition) is 3. The number of methoxy groups -OCH3 is 1. The third kappa shape index (κ3) is 5.12. The van der Waals surface area contributed by atoms with Gasteiger partial charge in [0.1, 0.15) is 0 Å². The Morgan fingerprint density at radius 2 is 2.26 bits per heavy atom. The molecule has 0 fully saturated rings. The molecular weight excluding hydrogens is 240 g/mol. The van der Waals surface area contributed by atoms with Crippen molar-refractivity contribution in [2.24, 2.45) is 5.73 Å². The van der Waals surface area contributed by atoms with E-state index in [0.29, 0.717) is 25.3 Å². The van der Waals surface area contributed by atoms with Crippen molar-refractivity contribution >= 4 is 5.91 Å². The maximum absolute atomic E-state index is 12.0. The predicted molar refractivity (Wildman–Crippen MR) is 75.9 cm³/mol. The number of hydrogen-bond donors (Lipinski definition) is 2. The van der Waals surface area contributed by atoms with E-state index in [1.165, 1.54) is 0 Å². The Labute approximate surface area is 114 Å². The first-order valence-corrected chi connectivity index (χ1v) is 6.25. The monoisotopic (exact) mass is 260 g/mol. The lowest BCUT2D eigenvalue weighted by Gasteiger charge is -2.08. The summed E-state index contributed by atoms with van der Waals surface area (Å²) in [6.45, 7) is 3.46. The summed E-state index contributed by atoms with van der Waals surface area (Å²) >= 11 is 0. The molecule has 0 saturated carbocycles. The van der Waals surface area contributed by atoms with Crippen LogP contribution >= 0.6 is 0 Å². The van der Waals surface area contributed by atoms with Gasteiger partial charge in [0.15, 0.2) is 0 Å². The van der Waals surface area contributed by atoms with Crippen molar-refractivity contribution in [1.82, 2.24) is 5.32 Å². The first kappa shape index (κ1) is 15.2. The smallest absolute Gasteiger partial charge is 0.251 e. The van der Waals surface area contributed by atoms with Gasteiger partial charge >= 0.3 is 0 Å². The third-order valence-electron chi connectivity index (χ3n) is 2.63. The Hall–Kier alpha value is -1.83. The number of nitrogens with two attached hydrogens (primary N) is 1. The SMILES string of the molecule is COCCCNC(=O)c1cc(C#CCN)ccc1C. The van der Waals surface area contributed by atoms with E-state index in [0.717, 1.165) is 17.5 Å². The molecule has 19 heavy (non-hydrogen) atoms. The topological polar surface area (TPSA) is 64.3 Å². The second-order valence-corrected chi connectivity index (χ2v) is 4.14. The number of amides is 1. The molecule has 0 aliphatic heterocycles. The number of carbonyl (C=O) groups excluding carboxylic acids is 1. The highest BCUT2D eigenvalue weighted by molar-refractivity contribution is 5.96. The number of ether oxygens (including phenoxy) is 1. The van der Waals surface area contributed by atoms with Crippen LogP contribution in [0.25, 0.3) is 0 Å². The fourth-order valence-corrected chi connectivity index (χ4v) is 1.61. The third-order valence-corrected chi connectivity index (χ3v) is 2.63. The zero-order chi connectivity index (χ0) is 14.1. The van der Waals surface area contributed by atoms with Gasteiger partial charge in [0, 0.05) is 31.4 Å². The van der Waals surface area contributed by atoms with Gasteiger partial charge in [-0.15, -0.1) is 0 Å². The van der Waals surface area contributed by atoms with Crippen LogP contribution in [0.5, 0.6) is 0 Å². The summed E-state index contributed by atoms with van der Waals surface area (Å²) in [5.74, 6) is 5.63. The van der Waals surface area contributed by atoms with Gasteiger partial charge < -0.3 is 15.8 Å². The van der Waals surface area contributed by atoms with Crippen LogP contribution in [0.2, 0.25) is 0 Å². The quantitative estimate of drug-likeness (QED) is 0.615. The lowest BCUT2D eigenvalue weighted by atomic mass is 10.0. The van der Waals surface area contributed by atoms with Crippen LogP contribution in [-0.2, 0) is 4.74 Å². The molecule has 0 aliphatic carbocycles. The number of aryl methyl sites for hydroxylation is 1. The standard InChI is InChI=1S/C15H20N2O2/c1-12-6-7-13(5-3-8-16)11-14(12)15(18)17-9-4-10-19-2/h6-7,11H,4,8-10,16H2,1-2H3,(H,17,18). The zero-order valence-electron chi connectivity index (χ0n) is 11.5. The minimum atomic E-state index is -0.0787.